The lowest BCUT2D eigenvalue weighted by Gasteiger charge is -2.14. The van der Waals surface area contributed by atoms with Gasteiger partial charge in [-0.2, -0.15) is 0 Å². The van der Waals surface area contributed by atoms with Crippen LogP contribution in [0.25, 0.3) is 0 Å². The summed E-state index contributed by atoms with van der Waals surface area (Å²) >= 11 is 1.62. The molecule has 88 valence electrons. The molecular weight excluding hydrogens is 218 g/mol. The van der Waals surface area contributed by atoms with E-state index in [-0.39, 0.29) is 5.41 Å². The summed E-state index contributed by atoms with van der Waals surface area (Å²) in [7, 11) is 0. The zero-order valence-corrected chi connectivity index (χ0v) is 11.2. The molecule has 0 spiro atoms. The van der Waals surface area contributed by atoms with E-state index in [1.807, 2.05) is 0 Å². The molecule has 0 N–H and O–H groups in total. The summed E-state index contributed by atoms with van der Waals surface area (Å²) in [5, 5.41) is 3.06. The average Bonchev–Trinajstić information content (AvgIpc) is 2.71. The molecule has 0 aromatic carbocycles. The Kier molecular flexibility index (Phi) is 2.91. The van der Waals surface area contributed by atoms with E-state index in [0.29, 0.717) is 24.0 Å². The van der Waals surface area contributed by atoms with Gasteiger partial charge in [0, 0.05) is 16.7 Å². The van der Waals surface area contributed by atoms with E-state index in [9.17, 15) is 4.79 Å². The predicted molar refractivity (Wildman–Crippen MR) is 66.8 cm³/mol. The Morgan fingerprint density at radius 3 is 2.62 bits per heavy atom. The molecule has 0 saturated heterocycles. The first-order valence-electron chi connectivity index (χ1n) is 5.85. The van der Waals surface area contributed by atoms with Gasteiger partial charge in [0.15, 0.2) is 0 Å². The van der Waals surface area contributed by atoms with Crippen molar-refractivity contribution in [3.8, 4) is 0 Å². The standard InChI is InChI=1S/C13H19NOS/c1-8-5-9(8)10(15)6-12-14-11(7-16-12)13(2,3)4/h7-9H,5-6H2,1-4H3. The Bertz CT molecular complexity index is 402. The summed E-state index contributed by atoms with van der Waals surface area (Å²) < 4.78 is 0. The topological polar surface area (TPSA) is 30.0 Å². The van der Waals surface area contributed by atoms with Crippen molar-refractivity contribution < 1.29 is 4.79 Å². The van der Waals surface area contributed by atoms with Gasteiger partial charge < -0.3 is 0 Å². The maximum absolute atomic E-state index is 11.8. The minimum absolute atomic E-state index is 0.0880. The lowest BCUT2D eigenvalue weighted by Crippen LogP contribution is -2.12. The maximum Gasteiger partial charge on any atom is 0.143 e. The van der Waals surface area contributed by atoms with E-state index in [1.54, 1.807) is 11.3 Å². The van der Waals surface area contributed by atoms with Crippen molar-refractivity contribution >= 4 is 17.1 Å². The van der Waals surface area contributed by atoms with Crippen LogP contribution in [0.4, 0.5) is 0 Å². The van der Waals surface area contributed by atoms with Crippen LogP contribution in [-0.2, 0) is 16.6 Å². The van der Waals surface area contributed by atoms with E-state index in [2.05, 4.69) is 38.1 Å². The molecule has 2 rings (SSSR count). The van der Waals surface area contributed by atoms with Gasteiger partial charge in [0.05, 0.1) is 12.1 Å². The van der Waals surface area contributed by atoms with E-state index in [1.165, 1.54) is 0 Å². The van der Waals surface area contributed by atoms with Gasteiger partial charge in [-0.3, -0.25) is 4.79 Å². The quantitative estimate of drug-likeness (QED) is 0.808. The normalized spacial score (nSPS) is 24.5. The zero-order valence-electron chi connectivity index (χ0n) is 10.4. The Balaban J connectivity index is 2.00. The summed E-state index contributed by atoms with van der Waals surface area (Å²) in [6, 6.07) is 0. The van der Waals surface area contributed by atoms with Gasteiger partial charge in [0.25, 0.3) is 0 Å². The second kappa shape index (κ2) is 3.95. The Hall–Kier alpha value is -0.700. The molecule has 1 fully saturated rings. The molecule has 2 atom stereocenters. The summed E-state index contributed by atoms with van der Waals surface area (Å²) in [6.45, 7) is 8.59. The van der Waals surface area contributed by atoms with E-state index < -0.39 is 0 Å². The lowest BCUT2D eigenvalue weighted by atomic mass is 9.93. The van der Waals surface area contributed by atoms with Crippen LogP contribution in [-0.4, -0.2) is 10.8 Å². The number of rotatable bonds is 3. The minimum Gasteiger partial charge on any atom is -0.299 e. The van der Waals surface area contributed by atoms with E-state index in [4.69, 9.17) is 0 Å². The van der Waals surface area contributed by atoms with Gasteiger partial charge in [0.2, 0.25) is 0 Å². The Labute approximate surface area is 101 Å². The van der Waals surface area contributed by atoms with Crippen LogP contribution in [0, 0.1) is 11.8 Å². The van der Waals surface area contributed by atoms with Crippen LogP contribution >= 0.6 is 11.3 Å². The Morgan fingerprint density at radius 1 is 1.56 bits per heavy atom. The van der Waals surface area contributed by atoms with Crippen molar-refractivity contribution in [3.05, 3.63) is 16.1 Å². The molecule has 1 saturated carbocycles. The third-order valence-corrected chi connectivity index (χ3v) is 4.02. The third kappa shape index (κ3) is 2.51. The van der Waals surface area contributed by atoms with Gasteiger partial charge in [-0.15, -0.1) is 11.3 Å². The maximum atomic E-state index is 11.8. The fourth-order valence-electron chi connectivity index (χ4n) is 1.79. The first-order valence-corrected chi connectivity index (χ1v) is 6.73. The third-order valence-electron chi connectivity index (χ3n) is 3.17. The molecule has 1 aromatic rings. The second-order valence-corrected chi connectivity index (χ2v) is 6.78. The number of ketones is 1. The van der Waals surface area contributed by atoms with Crippen LogP contribution in [0.2, 0.25) is 0 Å². The average molecular weight is 237 g/mol. The largest absolute Gasteiger partial charge is 0.299 e. The fourth-order valence-corrected chi connectivity index (χ4v) is 2.82. The summed E-state index contributed by atoms with van der Waals surface area (Å²) in [6.07, 6.45) is 1.62. The molecule has 2 unspecified atom stereocenters. The molecule has 1 aromatic heterocycles. The number of carbonyl (C=O) groups excluding carboxylic acids is 1. The van der Waals surface area contributed by atoms with Crippen LogP contribution < -0.4 is 0 Å². The molecule has 1 aliphatic carbocycles. The number of hydrogen-bond acceptors (Lipinski definition) is 3. The highest BCUT2D eigenvalue weighted by Crippen LogP contribution is 2.39. The number of thiazole rings is 1. The van der Waals surface area contributed by atoms with Crippen LogP contribution in [0.3, 0.4) is 0 Å². The first-order chi connectivity index (χ1) is 7.38. The van der Waals surface area contributed by atoms with Crippen molar-refractivity contribution in [2.24, 2.45) is 11.8 Å². The van der Waals surface area contributed by atoms with Crippen molar-refractivity contribution in [2.45, 2.75) is 46.0 Å². The van der Waals surface area contributed by atoms with Gasteiger partial charge in [-0.1, -0.05) is 27.7 Å². The molecule has 1 aliphatic rings. The molecular formula is C13H19NOS. The van der Waals surface area contributed by atoms with Crippen molar-refractivity contribution in [1.82, 2.24) is 4.98 Å². The van der Waals surface area contributed by atoms with Crippen LogP contribution in [0.1, 0.15) is 44.8 Å². The van der Waals surface area contributed by atoms with E-state index >= 15 is 0 Å². The van der Waals surface area contributed by atoms with Crippen molar-refractivity contribution in [1.29, 1.82) is 0 Å². The van der Waals surface area contributed by atoms with Crippen LogP contribution in [0.15, 0.2) is 5.38 Å². The number of hydrogen-bond donors (Lipinski definition) is 0. The number of nitrogens with zero attached hydrogens (tertiary/aromatic N) is 1. The summed E-state index contributed by atoms with van der Waals surface area (Å²) in [5.41, 5.74) is 1.19. The number of Topliss-reactive ketones (excluding diaryl/α,β-unsaturated/α-hetero) is 1. The molecule has 0 aliphatic heterocycles. The zero-order chi connectivity index (χ0) is 11.9. The molecule has 3 heteroatoms. The summed E-state index contributed by atoms with van der Waals surface area (Å²) in [4.78, 5) is 16.4. The molecule has 1 heterocycles. The highest BCUT2D eigenvalue weighted by Gasteiger charge is 2.38. The number of aromatic nitrogens is 1. The molecule has 0 amide bonds. The highest BCUT2D eigenvalue weighted by molar-refractivity contribution is 7.09. The van der Waals surface area contributed by atoms with Gasteiger partial charge in [-0.05, 0) is 12.3 Å². The van der Waals surface area contributed by atoms with Crippen LogP contribution in [0.5, 0.6) is 0 Å². The monoisotopic (exact) mass is 237 g/mol. The lowest BCUT2D eigenvalue weighted by molar-refractivity contribution is -0.119. The predicted octanol–water partition coefficient (Wildman–Crippen LogP) is 3.21. The van der Waals surface area contributed by atoms with Gasteiger partial charge in [-0.25, -0.2) is 4.98 Å². The highest BCUT2D eigenvalue weighted by atomic mass is 32.1. The molecule has 0 radical (unpaired) electrons. The smallest absolute Gasteiger partial charge is 0.143 e. The SMILES string of the molecule is CC1CC1C(=O)Cc1nc(C(C)(C)C)cs1. The fraction of sp³-hybridized carbons (Fsp3) is 0.692. The first kappa shape index (κ1) is 11.8. The molecule has 0 bridgehead atoms. The summed E-state index contributed by atoms with van der Waals surface area (Å²) in [5.74, 6) is 1.30. The second-order valence-electron chi connectivity index (χ2n) is 5.84. The number of carbonyl (C=O) groups is 1. The minimum atomic E-state index is 0.0880. The van der Waals surface area contributed by atoms with Gasteiger partial charge >= 0.3 is 0 Å². The van der Waals surface area contributed by atoms with Crippen molar-refractivity contribution in [3.63, 3.8) is 0 Å². The van der Waals surface area contributed by atoms with Crippen molar-refractivity contribution in [2.75, 3.05) is 0 Å². The van der Waals surface area contributed by atoms with Gasteiger partial charge in [0.1, 0.15) is 10.8 Å². The Morgan fingerprint density at radius 2 is 2.19 bits per heavy atom. The van der Waals surface area contributed by atoms with E-state index in [0.717, 1.165) is 17.1 Å². The molecule has 2 nitrogen and oxygen atoms in total. The molecule has 16 heavy (non-hydrogen) atoms.